The summed E-state index contributed by atoms with van der Waals surface area (Å²) in [5.74, 6) is 0.0621. The molecule has 2 aliphatic rings. The lowest BCUT2D eigenvalue weighted by Crippen LogP contribution is -2.47. The number of carbonyl (C=O) groups is 1. The number of ether oxygens (including phenoxy) is 1. The minimum absolute atomic E-state index is 0.0837. The number of thiazole rings is 1. The first-order chi connectivity index (χ1) is 13.6. The first-order valence-electron chi connectivity index (χ1n) is 9.87. The summed E-state index contributed by atoms with van der Waals surface area (Å²) in [4.78, 5) is 21.9. The normalized spacial score (nSPS) is 21.8. The molecular formula is C21H26FN3O2S. The average Bonchev–Trinajstić information content (AvgIpc) is 3.13. The van der Waals surface area contributed by atoms with E-state index < -0.39 is 0 Å². The maximum Gasteiger partial charge on any atom is 0.225 e. The number of carbonyl (C=O) groups excluding carboxylic acids is 1. The van der Waals surface area contributed by atoms with Gasteiger partial charge in [0, 0.05) is 24.4 Å². The number of likely N-dealkylation sites (tertiary alicyclic amines) is 1. The summed E-state index contributed by atoms with van der Waals surface area (Å²) in [5, 5.41) is 3.22. The Hall–Kier alpha value is -1.83. The molecule has 0 N–H and O–H groups in total. The summed E-state index contributed by atoms with van der Waals surface area (Å²) in [7, 11) is 0. The average molecular weight is 404 g/mol. The molecule has 150 valence electrons. The second-order valence-electron chi connectivity index (χ2n) is 7.60. The summed E-state index contributed by atoms with van der Waals surface area (Å²) >= 11 is 1.69. The van der Waals surface area contributed by atoms with Crippen molar-refractivity contribution < 1.29 is 13.9 Å². The number of rotatable bonds is 4. The number of hydrogen-bond donors (Lipinski definition) is 0. The molecule has 2 saturated heterocycles. The van der Waals surface area contributed by atoms with Crippen molar-refractivity contribution in [3.8, 4) is 0 Å². The molecule has 1 aromatic carbocycles. The van der Waals surface area contributed by atoms with Crippen molar-refractivity contribution in [1.82, 2.24) is 14.8 Å². The van der Waals surface area contributed by atoms with Gasteiger partial charge in [0.25, 0.3) is 0 Å². The Morgan fingerprint density at radius 2 is 2.00 bits per heavy atom. The molecule has 0 saturated carbocycles. The lowest BCUT2D eigenvalue weighted by Gasteiger charge is -2.37. The lowest BCUT2D eigenvalue weighted by molar-refractivity contribution is -0.145. The van der Waals surface area contributed by atoms with Crippen LogP contribution in [-0.4, -0.2) is 53.5 Å². The van der Waals surface area contributed by atoms with E-state index in [0.717, 1.165) is 48.7 Å². The highest BCUT2D eigenvalue weighted by atomic mass is 32.1. The summed E-state index contributed by atoms with van der Waals surface area (Å²) < 4.78 is 19.0. The number of halogens is 1. The fraction of sp³-hybridized carbons (Fsp3) is 0.524. The quantitative estimate of drug-likeness (QED) is 0.785. The second kappa shape index (κ2) is 8.68. The van der Waals surface area contributed by atoms with Gasteiger partial charge in [0.15, 0.2) is 0 Å². The lowest BCUT2D eigenvalue weighted by atomic mass is 9.94. The van der Waals surface area contributed by atoms with Crippen LogP contribution in [0.4, 0.5) is 4.39 Å². The minimum atomic E-state index is -0.257. The second-order valence-corrected chi connectivity index (χ2v) is 8.67. The van der Waals surface area contributed by atoms with Crippen LogP contribution in [0.25, 0.3) is 0 Å². The van der Waals surface area contributed by atoms with Crippen molar-refractivity contribution in [3.63, 3.8) is 0 Å². The van der Waals surface area contributed by atoms with E-state index in [1.54, 1.807) is 23.5 Å². The monoisotopic (exact) mass is 403 g/mol. The molecule has 2 aliphatic heterocycles. The fourth-order valence-electron chi connectivity index (χ4n) is 4.03. The first kappa shape index (κ1) is 19.5. The number of nitrogens with zero attached hydrogens (tertiary/aromatic N) is 3. The maximum atomic E-state index is 13.2. The highest BCUT2D eigenvalue weighted by molar-refractivity contribution is 7.09. The van der Waals surface area contributed by atoms with E-state index in [1.165, 1.54) is 12.1 Å². The van der Waals surface area contributed by atoms with E-state index in [0.29, 0.717) is 19.7 Å². The van der Waals surface area contributed by atoms with Crippen LogP contribution >= 0.6 is 11.3 Å². The molecule has 5 nitrogen and oxygen atoms in total. The Labute approximate surface area is 169 Å². The van der Waals surface area contributed by atoms with Crippen molar-refractivity contribution in [3.05, 3.63) is 51.7 Å². The number of piperidine rings is 1. The zero-order chi connectivity index (χ0) is 19.5. The molecule has 1 atom stereocenters. The zero-order valence-electron chi connectivity index (χ0n) is 16.1. The van der Waals surface area contributed by atoms with E-state index >= 15 is 0 Å². The molecule has 28 heavy (non-hydrogen) atoms. The van der Waals surface area contributed by atoms with Crippen LogP contribution in [0, 0.1) is 18.7 Å². The summed E-state index contributed by atoms with van der Waals surface area (Å²) in [5.41, 5.74) is 2.05. The number of aromatic nitrogens is 1. The van der Waals surface area contributed by atoms with Gasteiger partial charge in [-0.05, 0) is 50.6 Å². The summed E-state index contributed by atoms with van der Waals surface area (Å²) in [6, 6.07) is 6.37. The first-order valence-corrected chi connectivity index (χ1v) is 10.8. The molecule has 7 heteroatoms. The molecule has 3 heterocycles. The van der Waals surface area contributed by atoms with Crippen molar-refractivity contribution in [2.24, 2.45) is 5.92 Å². The van der Waals surface area contributed by atoms with Gasteiger partial charge in [-0.25, -0.2) is 9.37 Å². The maximum absolute atomic E-state index is 13.2. The van der Waals surface area contributed by atoms with Gasteiger partial charge in [0.1, 0.15) is 11.9 Å². The summed E-state index contributed by atoms with van der Waals surface area (Å²) in [6.45, 7) is 6.46. The van der Waals surface area contributed by atoms with Crippen molar-refractivity contribution in [1.29, 1.82) is 0 Å². The van der Waals surface area contributed by atoms with Crippen molar-refractivity contribution in [2.75, 3.05) is 32.8 Å². The predicted octanol–water partition coefficient (Wildman–Crippen LogP) is 3.40. The van der Waals surface area contributed by atoms with Crippen LogP contribution in [0.1, 0.15) is 35.2 Å². The molecule has 0 bridgehead atoms. The van der Waals surface area contributed by atoms with Crippen LogP contribution in [0.2, 0.25) is 0 Å². The molecule has 1 amide bonds. The zero-order valence-corrected chi connectivity index (χ0v) is 17.0. The van der Waals surface area contributed by atoms with E-state index in [1.807, 2.05) is 11.8 Å². The number of morpholine rings is 1. The van der Waals surface area contributed by atoms with Gasteiger partial charge in [-0.1, -0.05) is 12.1 Å². The van der Waals surface area contributed by atoms with Gasteiger partial charge in [0.2, 0.25) is 5.91 Å². The van der Waals surface area contributed by atoms with Gasteiger partial charge in [0.05, 0.1) is 23.9 Å². The third-order valence-corrected chi connectivity index (χ3v) is 6.43. The SMILES string of the molecule is Cc1nc(CN2CCC(C(=O)N3CCOC(c4ccc(F)cc4)C3)CC2)cs1. The molecule has 4 rings (SSSR count). The Bertz CT molecular complexity index is 802. The third kappa shape index (κ3) is 4.59. The van der Waals surface area contributed by atoms with Gasteiger partial charge >= 0.3 is 0 Å². The van der Waals surface area contributed by atoms with Crippen molar-refractivity contribution in [2.45, 2.75) is 32.4 Å². The fourth-order valence-corrected chi connectivity index (χ4v) is 4.64. The topological polar surface area (TPSA) is 45.7 Å². The highest BCUT2D eigenvalue weighted by Crippen LogP contribution is 2.26. The van der Waals surface area contributed by atoms with Crippen molar-refractivity contribution >= 4 is 17.2 Å². The standard InChI is InChI=1S/C21H26FN3O2S/c1-15-23-19(14-28-15)12-24-8-6-17(7-9-24)21(26)25-10-11-27-20(13-25)16-2-4-18(22)5-3-16/h2-5,14,17,20H,6-13H2,1H3. The molecule has 2 aromatic rings. The Morgan fingerprint density at radius 1 is 1.25 bits per heavy atom. The van der Waals surface area contributed by atoms with Crippen LogP contribution < -0.4 is 0 Å². The Kier molecular flexibility index (Phi) is 6.04. The van der Waals surface area contributed by atoms with E-state index in [2.05, 4.69) is 15.3 Å². The molecule has 1 aromatic heterocycles. The van der Waals surface area contributed by atoms with Gasteiger partial charge < -0.3 is 9.64 Å². The largest absolute Gasteiger partial charge is 0.370 e. The smallest absolute Gasteiger partial charge is 0.225 e. The van der Waals surface area contributed by atoms with E-state index in [9.17, 15) is 9.18 Å². The molecule has 0 aliphatic carbocycles. The Balaban J connectivity index is 1.30. The molecule has 0 radical (unpaired) electrons. The van der Waals surface area contributed by atoms with Crippen LogP contribution in [0.15, 0.2) is 29.6 Å². The van der Waals surface area contributed by atoms with Crippen LogP contribution in [-0.2, 0) is 16.1 Å². The number of benzene rings is 1. The van der Waals surface area contributed by atoms with Gasteiger partial charge in [-0.15, -0.1) is 11.3 Å². The van der Waals surface area contributed by atoms with E-state index in [-0.39, 0.29) is 23.7 Å². The number of amides is 1. The molecule has 2 fully saturated rings. The van der Waals surface area contributed by atoms with Gasteiger partial charge in [-0.2, -0.15) is 0 Å². The highest BCUT2D eigenvalue weighted by Gasteiger charge is 2.32. The summed E-state index contributed by atoms with van der Waals surface area (Å²) in [6.07, 6.45) is 1.60. The van der Waals surface area contributed by atoms with Crippen LogP contribution in [0.3, 0.4) is 0 Å². The van der Waals surface area contributed by atoms with Gasteiger partial charge in [-0.3, -0.25) is 9.69 Å². The molecular weight excluding hydrogens is 377 g/mol. The third-order valence-electron chi connectivity index (χ3n) is 5.61. The number of aryl methyl sites for hydroxylation is 1. The van der Waals surface area contributed by atoms with E-state index in [4.69, 9.17) is 4.74 Å². The molecule has 1 unspecified atom stereocenters. The van der Waals surface area contributed by atoms with Crippen LogP contribution in [0.5, 0.6) is 0 Å². The minimum Gasteiger partial charge on any atom is -0.370 e. The Morgan fingerprint density at radius 3 is 2.68 bits per heavy atom. The molecule has 0 spiro atoms. The predicted molar refractivity (Wildman–Crippen MR) is 107 cm³/mol. The number of hydrogen-bond acceptors (Lipinski definition) is 5.